The number of rotatable bonds is 5. The quantitative estimate of drug-likeness (QED) is 0.727. The Balaban J connectivity index is 1.85. The molecule has 3 aromatic rings. The summed E-state index contributed by atoms with van der Waals surface area (Å²) in [6, 6.07) is 14.5. The van der Waals surface area contributed by atoms with Crippen molar-refractivity contribution in [3.8, 4) is 17.2 Å². The van der Waals surface area contributed by atoms with Crippen LogP contribution in [0.4, 0.5) is 5.69 Å². The maximum atomic E-state index is 12.5. The number of aryl methyl sites for hydroxylation is 1. The molecule has 1 N–H and O–H groups in total. The van der Waals surface area contributed by atoms with Gasteiger partial charge in [-0.2, -0.15) is 5.10 Å². The summed E-state index contributed by atoms with van der Waals surface area (Å²) in [4.78, 5) is 23.9. The average molecular weight is 386 g/mol. The fraction of sp³-hybridized carbons (Fsp3) is 0.105. The van der Waals surface area contributed by atoms with Crippen molar-refractivity contribution in [1.29, 1.82) is 0 Å². The number of amides is 1. The Morgan fingerprint density at radius 1 is 1.07 bits per heavy atom. The second kappa shape index (κ2) is 7.92. The second-order valence-corrected chi connectivity index (χ2v) is 5.99. The number of nitrogens with one attached hydrogen (secondary N) is 1. The monoisotopic (exact) mass is 385 g/mol. The van der Waals surface area contributed by atoms with Crippen LogP contribution in [0.2, 0.25) is 5.02 Å². The van der Waals surface area contributed by atoms with Crippen molar-refractivity contribution in [3.63, 3.8) is 0 Å². The summed E-state index contributed by atoms with van der Waals surface area (Å²) in [7, 11) is 3.05. The third kappa shape index (κ3) is 4.45. The molecule has 0 radical (unpaired) electrons. The number of nitrogens with zero attached hydrogens (tertiary/aromatic N) is 2. The lowest BCUT2D eigenvalue weighted by molar-refractivity contribution is 0.101. The number of hydrogen-bond acceptors (Lipinski definition) is 5. The summed E-state index contributed by atoms with van der Waals surface area (Å²) >= 11 is 6.05. The summed E-state index contributed by atoms with van der Waals surface area (Å²) in [5, 5.41) is 7.07. The van der Waals surface area contributed by atoms with Gasteiger partial charge in [-0.3, -0.25) is 9.59 Å². The van der Waals surface area contributed by atoms with Crippen LogP contribution in [0, 0.1) is 0 Å². The highest BCUT2D eigenvalue weighted by Gasteiger charge is 2.13. The minimum Gasteiger partial charge on any atom is -0.497 e. The van der Waals surface area contributed by atoms with Crippen LogP contribution >= 0.6 is 11.6 Å². The van der Waals surface area contributed by atoms with E-state index >= 15 is 0 Å². The van der Waals surface area contributed by atoms with Crippen molar-refractivity contribution in [1.82, 2.24) is 9.78 Å². The van der Waals surface area contributed by atoms with E-state index in [0.717, 1.165) is 4.68 Å². The molecule has 0 saturated carbocycles. The molecule has 0 aliphatic heterocycles. The normalized spacial score (nSPS) is 10.3. The Hall–Kier alpha value is -3.32. The van der Waals surface area contributed by atoms with Gasteiger partial charge in [0.25, 0.3) is 11.5 Å². The van der Waals surface area contributed by atoms with E-state index in [9.17, 15) is 9.59 Å². The van der Waals surface area contributed by atoms with Crippen LogP contribution < -0.4 is 20.3 Å². The maximum Gasteiger partial charge on any atom is 0.276 e. The van der Waals surface area contributed by atoms with E-state index in [1.807, 2.05) is 0 Å². The van der Waals surface area contributed by atoms with E-state index < -0.39 is 5.91 Å². The van der Waals surface area contributed by atoms with E-state index in [1.54, 1.807) is 49.6 Å². The van der Waals surface area contributed by atoms with Crippen molar-refractivity contribution in [2.75, 3.05) is 12.4 Å². The number of carbonyl (C=O) groups is 1. The third-order valence-electron chi connectivity index (χ3n) is 3.67. The fourth-order valence-electron chi connectivity index (χ4n) is 2.27. The molecule has 0 aliphatic rings. The smallest absolute Gasteiger partial charge is 0.276 e. The molecule has 0 atom stereocenters. The number of carbonyl (C=O) groups excluding carboxylic acids is 1. The molecular formula is C19H16ClN3O4. The number of halogens is 1. The first-order chi connectivity index (χ1) is 13.0. The summed E-state index contributed by atoms with van der Waals surface area (Å²) in [5.41, 5.74) is 0.157. The topological polar surface area (TPSA) is 82.5 Å². The Morgan fingerprint density at radius 3 is 2.44 bits per heavy atom. The first kappa shape index (κ1) is 18.5. The van der Waals surface area contributed by atoms with E-state index in [-0.39, 0.29) is 11.3 Å². The number of ether oxygens (including phenoxy) is 2. The molecule has 1 heterocycles. The van der Waals surface area contributed by atoms with Gasteiger partial charge in [-0.1, -0.05) is 11.6 Å². The van der Waals surface area contributed by atoms with Crippen molar-refractivity contribution in [2.45, 2.75) is 0 Å². The molecule has 1 amide bonds. The fourth-order valence-corrected chi connectivity index (χ4v) is 2.44. The van der Waals surface area contributed by atoms with E-state index in [0.29, 0.717) is 28.0 Å². The van der Waals surface area contributed by atoms with Gasteiger partial charge in [-0.05, 0) is 48.5 Å². The predicted octanol–water partition coefficient (Wildman–Crippen LogP) is 3.49. The van der Waals surface area contributed by atoms with Gasteiger partial charge in [0.1, 0.15) is 17.2 Å². The van der Waals surface area contributed by atoms with Crippen LogP contribution in [0.25, 0.3) is 0 Å². The summed E-state index contributed by atoms with van der Waals surface area (Å²) in [6.45, 7) is 0. The van der Waals surface area contributed by atoms with Crippen LogP contribution in [0.15, 0.2) is 59.4 Å². The second-order valence-electron chi connectivity index (χ2n) is 5.55. The highest BCUT2D eigenvalue weighted by Crippen LogP contribution is 2.33. The van der Waals surface area contributed by atoms with Crippen molar-refractivity contribution in [2.24, 2.45) is 7.05 Å². The Morgan fingerprint density at radius 2 is 1.78 bits per heavy atom. The number of hydrogen-bond donors (Lipinski definition) is 1. The molecule has 138 valence electrons. The van der Waals surface area contributed by atoms with Gasteiger partial charge in [0.2, 0.25) is 0 Å². The molecule has 27 heavy (non-hydrogen) atoms. The zero-order valence-corrected chi connectivity index (χ0v) is 15.4. The van der Waals surface area contributed by atoms with Crippen molar-refractivity contribution >= 4 is 23.2 Å². The van der Waals surface area contributed by atoms with E-state index in [4.69, 9.17) is 21.1 Å². The minimum absolute atomic E-state index is 0.0903. The summed E-state index contributed by atoms with van der Waals surface area (Å²) in [6.07, 6.45) is 0. The van der Waals surface area contributed by atoms with Gasteiger partial charge in [0.15, 0.2) is 5.75 Å². The molecule has 0 bridgehead atoms. The largest absolute Gasteiger partial charge is 0.497 e. The molecule has 2 aromatic carbocycles. The average Bonchev–Trinajstić information content (AvgIpc) is 2.66. The Labute approximate surface area is 160 Å². The maximum absolute atomic E-state index is 12.5. The van der Waals surface area contributed by atoms with Gasteiger partial charge >= 0.3 is 0 Å². The zero-order valence-electron chi connectivity index (χ0n) is 14.6. The minimum atomic E-state index is -0.493. The van der Waals surface area contributed by atoms with E-state index in [2.05, 4.69) is 10.4 Å². The van der Waals surface area contributed by atoms with Crippen molar-refractivity contribution < 1.29 is 14.3 Å². The molecule has 0 unspecified atom stereocenters. The molecule has 3 rings (SSSR count). The first-order valence-corrected chi connectivity index (χ1v) is 8.31. The molecule has 0 fully saturated rings. The van der Waals surface area contributed by atoms with Gasteiger partial charge in [0, 0.05) is 18.1 Å². The Kier molecular flexibility index (Phi) is 5.42. The molecule has 0 saturated heterocycles. The number of benzene rings is 2. The summed E-state index contributed by atoms with van der Waals surface area (Å²) < 4.78 is 12.0. The predicted molar refractivity (Wildman–Crippen MR) is 102 cm³/mol. The number of methoxy groups -OCH3 is 1. The molecular weight excluding hydrogens is 370 g/mol. The first-order valence-electron chi connectivity index (χ1n) is 7.93. The molecule has 0 aliphatic carbocycles. The van der Waals surface area contributed by atoms with Crippen molar-refractivity contribution in [3.05, 3.63) is 75.7 Å². The van der Waals surface area contributed by atoms with Gasteiger partial charge in [-0.15, -0.1) is 0 Å². The summed E-state index contributed by atoms with van der Waals surface area (Å²) in [5.74, 6) is 1.18. The zero-order chi connectivity index (χ0) is 19.4. The highest BCUT2D eigenvalue weighted by atomic mass is 35.5. The third-order valence-corrected chi connectivity index (χ3v) is 3.91. The lowest BCUT2D eigenvalue weighted by Gasteiger charge is -2.13. The van der Waals surface area contributed by atoms with E-state index in [1.165, 1.54) is 19.2 Å². The van der Waals surface area contributed by atoms with Crippen LogP contribution in [-0.2, 0) is 7.05 Å². The highest BCUT2D eigenvalue weighted by molar-refractivity contribution is 6.31. The number of aromatic nitrogens is 2. The molecule has 8 heteroatoms. The standard InChI is InChI=1S/C19H16ClN3O4/c1-23-18(24)10-8-15(22-23)19(25)21-16-11-12(20)3-9-17(16)27-14-6-4-13(26-2)5-7-14/h3-11H,1-2H3,(H,21,25). The van der Waals surface area contributed by atoms with Gasteiger partial charge < -0.3 is 14.8 Å². The SMILES string of the molecule is COc1ccc(Oc2ccc(Cl)cc2NC(=O)c2ccc(=O)n(C)n2)cc1. The molecule has 0 spiro atoms. The van der Waals surface area contributed by atoms with Crippen LogP contribution in [-0.4, -0.2) is 22.8 Å². The van der Waals surface area contributed by atoms with Crippen LogP contribution in [0.3, 0.4) is 0 Å². The lowest BCUT2D eigenvalue weighted by Crippen LogP contribution is -2.23. The molecule has 7 nitrogen and oxygen atoms in total. The number of anilines is 1. The van der Waals surface area contributed by atoms with Gasteiger partial charge in [0.05, 0.1) is 12.8 Å². The Bertz CT molecular complexity index is 1030. The van der Waals surface area contributed by atoms with Crippen LogP contribution in [0.5, 0.6) is 17.2 Å². The molecule has 1 aromatic heterocycles. The lowest BCUT2D eigenvalue weighted by atomic mass is 10.2. The van der Waals surface area contributed by atoms with Crippen LogP contribution in [0.1, 0.15) is 10.5 Å². The van der Waals surface area contributed by atoms with Gasteiger partial charge in [-0.25, -0.2) is 4.68 Å².